The Morgan fingerprint density at radius 2 is 1.81 bits per heavy atom. The number of ketones is 1. The predicted octanol–water partition coefficient (Wildman–Crippen LogP) is 3.65. The molecule has 1 aliphatic heterocycles. The SMILES string of the molecule is COCCn1c2c(c(=O)[nH]c1=O)[C@@H](c1ccc(Cl)cc1Cl)C1=C(N2)c2ccccc2C1=O. The molecule has 0 unspecified atom stereocenters. The fraction of sp³-hybridized carbons (Fsp3) is 0.174. The number of Topliss-reactive ketones (excluding diaryl/α,β-unsaturated/α-hetero) is 1. The summed E-state index contributed by atoms with van der Waals surface area (Å²) in [4.78, 5) is 41.6. The first-order valence-electron chi connectivity index (χ1n) is 9.88. The maximum absolute atomic E-state index is 13.5. The number of methoxy groups -OCH3 is 1. The first-order valence-corrected chi connectivity index (χ1v) is 10.6. The van der Waals surface area contributed by atoms with Crippen LogP contribution in [0.4, 0.5) is 5.82 Å². The molecule has 9 heteroatoms. The second-order valence-corrected chi connectivity index (χ2v) is 8.40. The highest BCUT2D eigenvalue weighted by Crippen LogP contribution is 2.49. The monoisotopic (exact) mass is 469 g/mol. The van der Waals surface area contributed by atoms with E-state index in [-0.39, 0.29) is 24.5 Å². The predicted molar refractivity (Wildman–Crippen MR) is 123 cm³/mol. The van der Waals surface area contributed by atoms with E-state index in [1.807, 2.05) is 12.1 Å². The average molecular weight is 470 g/mol. The van der Waals surface area contributed by atoms with Crippen LogP contribution in [0.5, 0.6) is 0 Å². The number of nitrogens with one attached hydrogen (secondary N) is 2. The lowest BCUT2D eigenvalue weighted by atomic mass is 9.81. The molecule has 2 aromatic carbocycles. The summed E-state index contributed by atoms with van der Waals surface area (Å²) in [5.74, 6) is -0.669. The van der Waals surface area contributed by atoms with E-state index in [9.17, 15) is 14.4 Å². The number of halogens is 2. The van der Waals surface area contributed by atoms with Crippen LogP contribution in [-0.2, 0) is 11.3 Å². The second kappa shape index (κ2) is 7.78. The molecule has 0 saturated carbocycles. The third-order valence-corrected chi connectivity index (χ3v) is 6.37. The molecule has 2 heterocycles. The molecule has 0 spiro atoms. The van der Waals surface area contributed by atoms with Gasteiger partial charge in [-0.3, -0.25) is 19.1 Å². The Kier molecular flexibility index (Phi) is 5.04. The van der Waals surface area contributed by atoms with Crippen LogP contribution in [0.2, 0.25) is 10.0 Å². The number of aromatic amines is 1. The van der Waals surface area contributed by atoms with Crippen LogP contribution in [0.1, 0.15) is 33.0 Å². The number of hydrogen-bond acceptors (Lipinski definition) is 5. The van der Waals surface area contributed by atoms with Crippen molar-refractivity contribution in [1.82, 2.24) is 9.55 Å². The fourth-order valence-corrected chi connectivity index (χ4v) is 4.92. The average Bonchev–Trinajstić information content (AvgIpc) is 3.05. The highest BCUT2D eigenvalue weighted by molar-refractivity contribution is 6.35. The van der Waals surface area contributed by atoms with Crippen molar-refractivity contribution in [3.8, 4) is 0 Å². The Bertz CT molecular complexity index is 1440. The third-order valence-electron chi connectivity index (χ3n) is 5.80. The molecular weight excluding hydrogens is 453 g/mol. The Morgan fingerprint density at radius 1 is 1.06 bits per heavy atom. The lowest BCUT2D eigenvalue weighted by Gasteiger charge is -2.30. The van der Waals surface area contributed by atoms with Crippen LogP contribution < -0.4 is 16.6 Å². The van der Waals surface area contributed by atoms with E-state index in [1.165, 1.54) is 11.7 Å². The molecule has 0 fully saturated rings. The standard InChI is InChI=1S/C23H17Cl2N3O4/c1-32-9-8-28-21-18(22(30)27-23(28)31)16(14-7-6-11(24)10-15(14)25)17-19(26-21)12-4-2-3-5-13(12)20(17)29/h2-7,10,16,26H,8-9H2,1H3,(H,27,30,31)/t16-/m0/s1. The number of H-pyrrole nitrogens is 1. The van der Waals surface area contributed by atoms with Crippen LogP contribution >= 0.6 is 23.2 Å². The van der Waals surface area contributed by atoms with Gasteiger partial charge < -0.3 is 10.1 Å². The molecule has 3 aromatic rings. The fourth-order valence-electron chi connectivity index (χ4n) is 4.41. The van der Waals surface area contributed by atoms with Gasteiger partial charge in [0.2, 0.25) is 0 Å². The largest absolute Gasteiger partial charge is 0.383 e. The Balaban J connectivity index is 1.85. The molecule has 0 bridgehead atoms. The second-order valence-electron chi connectivity index (χ2n) is 7.55. The normalized spacial score (nSPS) is 16.5. The number of hydrogen-bond donors (Lipinski definition) is 2. The smallest absolute Gasteiger partial charge is 0.330 e. The van der Waals surface area contributed by atoms with Gasteiger partial charge in [0.25, 0.3) is 5.56 Å². The topological polar surface area (TPSA) is 93.2 Å². The van der Waals surface area contributed by atoms with Crippen molar-refractivity contribution in [2.24, 2.45) is 0 Å². The van der Waals surface area contributed by atoms with Gasteiger partial charge in [0.15, 0.2) is 5.78 Å². The van der Waals surface area contributed by atoms with Gasteiger partial charge in [-0.25, -0.2) is 4.79 Å². The van der Waals surface area contributed by atoms with E-state index >= 15 is 0 Å². The highest BCUT2D eigenvalue weighted by atomic mass is 35.5. The zero-order valence-electron chi connectivity index (χ0n) is 16.9. The van der Waals surface area contributed by atoms with Crippen LogP contribution in [0.3, 0.4) is 0 Å². The van der Waals surface area contributed by atoms with Crippen molar-refractivity contribution in [1.29, 1.82) is 0 Å². The third kappa shape index (κ3) is 3.04. The van der Waals surface area contributed by atoms with E-state index in [0.717, 1.165) is 0 Å². The number of nitrogens with zero attached hydrogens (tertiary/aromatic N) is 1. The van der Waals surface area contributed by atoms with Crippen LogP contribution in [0, 0.1) is 0 Å². The molecule has 2 aliphatic rings. The minimum absolute atomic E-state index is 0.196. The minimum atomic E-state index is -0.788. The number of allylic oxidation sites excluding steroid dienone is 1. The van der Waals surface area contributed by atoms with E-state index in [1.54, 1.807) is 30.3 Å². The van der Waals surface area contributed by atoms with Gasteiger partial charge in [-0.1, -0.05) is 53.5 Å². The molecule has 1 atom stereocenters. The molecule has 162 valence electrons. The number of aromatic nitrogens is 2. The lowest BCUT2D eigenvalue weighted by molar-refractivity contribution is 0.103. The quantitative estimate of drug-likeness (QED) is 0.608. The van der Waals surface area contributed by atoms with Gasteiger partial charge in [0.05, 0.1) is 30.3 Å². The molecule has 0 saturated heterocycles. The zero-order valence-corrected chi connectivity index (χ0v) is 18.4. The van der Waals surface area contributed by atoms with Crippen molar-refractivity contribution in [3.63, 3.8) is 0 Å². The van der Waals surface area contributed by atoms with E-state index in [4.69, 9.17) is 27.9 Å². The zero-order chi connectivity index (χ0) is 22.6. The Hall–Kier alpha value is -3.13. The first kappa shape index (κ1) is 20.8. The van der Waals surface area contributed by atoms with Crippen LogP contribution in [-0.4, -0.2) is 29.1 Å². The van der Waals surface area contributed by atoms with Crippen molar-refractivity contribution >= 4 is 40.5 Å². The number of rotatable bonds is 4. The summed E-state index contributed by atoms with van der Waals surface area (Å²) in [7, 11) is 1.53. The maximum Gasteiger partial charge on any atom is 0.330 e. The molecule has 0 amide bonds. The molecule has 0 radical (unpaired) electrons. The van der Waals surface area contributed by atoms with Gasteiger partial charge in [-0.15, -0.1) is 0 Å². The van der Waals surface area contributed by atoms with Crippen molar-refractivity contribution in [3.05, 3.63) is 101 Å². The minimum Gasteiger partial charge on any atom is -0.383 e. The molecule has 1 aliphatic carbocycles. The summed E-state index contributed by atoms with van der Waals surface area (Å²) in [5, 5.41) is 3.96. The van der Waals surface area contributed by atoms with Crippen molar-refractivity contribution in [2.45, 2.75) is 12.5 Å². The van der Waals surface area contributed by atoms with E-state index in [2.05, 4.69) is 10.3 Å². The maximum atomic E-state index is 13.5. The summed E-state index contributed by atoms with van der Waals surface area (Å²) in [5.41, 5.74) is 1.84. The summed E-state index contributed by atoms with van der Waals surface area (Å²) in [6.07, 6.45) is 0. The molecule has 7 nitrogen and oxygen atoms in total. The molecule has 1 aromatic heterocycles. The van der Waals surface area contributed by atoms with E-state index < -0.39 is 17.2 Å². The molecule has 2 N–H and O–H groups in total. The number of carbonyl (C=O) groups is 1. The first-order chi connectivity index (χ1) is 15.4. The number of carbonyl (C=O) groups excluding carboxylic acids is 1. The summed E-state index contributed by atoms with van der Waals surface area (Å²) >= 11 is 12.6. The van der Waals surface area contributed by atoms with Gasteiger partial charge in [0.1, 0.15) is 5.82 Å². The van der Waals surface area contributed by atoms with Crippen LogP contribution in [0.25, 0.3) is 5.70 Å². The summed E-state index contributed by atoms with van der Waals surface area (Å²) < 4.78 is 6.55. The van der Waals surface area contributed by atoms with Crippen LogP contribution in [0.15, 0.2) is 57.6 Å². The van der Waals surface area contributed by atoms with Crippen molar-refractivity contribution in [2.75, 3.05) is 19.0 Å². The number of benzene rings is 2. The van der Waals surface area contributed by atoms with Gasteiger partial charge >= 0.3 is 5.69 Å². The van der Waals surface area contributed by atoms with Crippen molar-refractivity contribution < 1.29 is 9.53 Å². The number of ether oxygens (including phenoxy) is 1. The Labute approximate surface area is 192 Å². The Morgan fingerprint density at radius 3 is 2.53 bits per heavy atom. The molecule has 5 rings (SSSR count). The van der Waals surface area contributed by atoms with Gasteiger partial charge in [-0.2, -0.15) is 0 Å². The molecule has 32 heavy (non-hydrogen) atoms. The summed E-state index contributed by atoms with van der Waals surface area (Å²) in [6.45, 7) is 0.467. The summed E-state index contributed by atoms with van der Waals surface area (Å²) in [6, 6.07) is 12.1. The lowest BCUT2D eigenvalue weighted by Crippen LogP contribution is -2.39. The van der Waals surface area contributed by atoms with Gasteiger partial charge in [0, 0.05) is 33.9 Å². The van der Waals surface area contributed by atoms with E-state index in [0.29, 0.717) is 43.8 Å². The highest BCUT2D eigenvalue weighted by Gasteiger charge is 2.43. The number of anilines is 1. The number of fused-ring (bicyclic) bond motifs is 3. The molecular formula is C23H17Cl2N3O4. The van der Waals surface area contributed by atoms with Gasteiger partial charge in [-0.05, 0) is 17.7 Å².